The highest BCUT2D eigenvalue weighted by molar-refractivity contribution is 7.81. The second kappa shape index (κ2) is 7.25. The summed E-state index contributed by atoms with van der Waals surface area (Å²) >= 11 is 10.8. The molecule has 3 rings (SSSR count). The second-order valence-electron chi connectivity index (χ2n) is 5.67. The predicted octanol–water partition coefficient (Wildman–Crippen LogP) is 4.58. The zero-order valence-electron chi connectivity index (χ0n) is 13.5. The lowest BCUT2D eigenvalue weighted by atomic mass is 9.93. The van der Waals surface area contributed by atoms with Gasteiger partial charge in [0.15, 0.2) is 0 Å². The van der Waals surface area contributed by atoms with Crippen molar-refractivity contribution in [2.45, 2.75) is 11.7 Å². The Balaban J connectivity index is 1.97. The van der Waals surface area contributed by atoms with Gasteiger partial charge in [-0.15, -0.1) is 0 Å². The Kier molecular flexibility index (Phi) is 5.06. The number of aromatic nitrogens is 2. The molecule has 1 aromatic carbocycles. The van der Waals surface area contributed by atoms with Crippen molar-refractivity contribution < 1.29 is 4.79 Å². The molecule has 0 radical (unpaired) electrons. The highest BCUT2D eigenvalue weighted by Crippen LogP contribution is 2.36. The number of anilines is 1. The number of hydrogen-bond acceptors (Lipinski definition) is 4. The van der Waals surface area contributed by atoms with Crippen molar-refractivity contribution in [2.75, 3.05) is 5.32 Å². The molecular formula is C19H16ClN3OS. The first-order chi connectivity index (χ1) is 12.0. The largest absolute Gasteiger partial charge is 0.322 e. The molecule has 1 atom stereocenters. The van der Waals surface area contributed by atoms with E-state index in [0.29, 0.717) is 22.0 Å². The number of amides is 1. The van der Waals surface area contributed by atoms with Gasteiger partial charge in [0.1, 0.15) is 0 Å². The van der Waals surface area contributed by atoms with Crippen LogP contribution in [-0.2, 0) is 4.75 Å². The Morgan fingerprint density at radius 3 is 2.60 bits per heavy atom. The van der Waals surface area contributed by atoms with E-state index >= 15 is 0 Å². The number of carbonyl (C=O) groups excluding carboxylic acids is 1. The summed E-state index contributed by atoms with van der Waals surface area (Å²) in [7, 11) is 0. The summed E-state index contributed by atoms with van der Waals surface area (Å²) in [6.45, 7) is 1.91. The van der Waals surface area contributed by atoms with Crippen LogP contribution in [-0.4, -0.2) is 15.9 Å². The fraction of sp³-hybridized carbons (Fsp3) is 0.105. The van der Waals surface area contributed by atoms with E-state index in [1.807, 2.05) is 19.1 Å². The van der Waals surface area contributed by atoms with Gasteiger partial charge in [0.25, 0.3) is 5.91 Å². The fourth-order valence-corrected chi connectivity index (χ4v) is 3.07. The molecule has 1 unspecified atom stereocenters. The maximum Gasteiger partial charge on any atom is 0.257 e. The van der Waals surface area contributed by atoms with Gasteiger partial charge < -0.3 is 5.32 Å². The molecule has 2 heterocycles. The lowest BCUT2D eigenvalue weighted by molar-refractivity contribution is 0.102. The Bertz CT molecular complexity index is 900. The quantitative estimate of drug-likeness (QED) is 0.662. The summed E-state index contributed by atoms with van der Waals surface area (Å²) in [5, 5.41) is 3.41. The van der Waals surface area contributed by atoms with E-state index in [9.17, 15) is 4.79 Å². The molecule has 0 aliphatic heterocycles. The van der Waals surface area contributed by atoms with Crippen LogP contribution in [0.15, 0.2) is 67.1 Å². The van der Waals surface area contributed by atoms with E-state index in [0.717, 1.165) is 5.56 Å². The normalized spacial score (nSPS) is 13.1. The Morgan fingerprint density at radius 2 is 1.88 bits per heavy atom. The summed E-state index contributed by atoms with van der Waals surface area (Å²) in [5.41, 5.74) is 2.55. The zero-order valence-corrected chi connectivity index (χ0v) is 15.1. The third kappa shape index (κ3) is 3.83. The van der Waals surface area contributed by atoms with E-state index < -0.39 is 4.75 Å². The van der Waals surface area contributed by atoms with Crippen LogP contribution in [0.3, 0.4) is 0 Å². The highest BCUT2D eigenvalue weighted by atomic mass is 35.5. The maximum absolute atomic E-state index is 12.8. The average Bonchev–Trinajstić information content (AvgIpc) is 2.62. The third-order valence-corrected chi connectivity index (χ3v) is 4.54. The average molecular weight is 370 g/mol. The number of hydrogen-bond donors (Lipinski definition) is 2. The molecule has 1 amide bonds. The van der Waals surface area contributed by atoms with E-state index in [1.54, 1.807) is 55.0 Å². The first-order valence-corrected chi connectivity index (χ1v) is 8.46. The van der Waals surface area contributed by atoms with Crippen LogP contribution in [0, 0.1) is 0 Å². The molecule has 6 heteroatoms. The number of nitrogens with zero attached hydrogens (tertiary/aromatic N) is 2. The van der Waals surface area contributed by atoms with E-state index in [-0.39, 0.29) is 5.91 Å². The van der Waals surface area contributed by atoms with Gasteiger partial charge in [-0.3, -0.25) is 14.8 Å². The minimum Gasteiger partial charge on any atom is -0.322 e. The molecule has 0 aliphatic rings. The van der Waals surface area contributed by atoms with Crippen LogP contribution in [0.25, 0.3) is 0 Å². The molecule has 1 N–H and O–H groups in total. The van der Waals surface area contributed by atoms with Gasteiger partial charge in [-0.05, 0) is 55.0 Å². The van der Waals surface area contributed by atoms with Crippen LogP contribution in [0.4, 0.5) is 5.69 Å². The van der Waals surface area contributed by atoms with Crippen LogP contribution in [0.2, 0.25) is 5.02 Å². The van der Waals surface area contributed by atoms with Gasteiger partial charge in [0.05, 0.1) is 16.0 Å². The maximum atomic E-state index is 12.8. The smallest absolute Gasteiger partial charge is 0.257 e. The Morgan fingerprint density at radius 1 is 1.12 bits per heavy atom. The molecule has 25 heavy (non-hydrogen) atoms. The fourth-order valence-electron chi connectivity index (χ4n) is 2.55. The number of rotatable bonds is 4. The monoisotopic (exact) mass is 369 g/mol. The molecule has 0 saturated carbocycles. The molecule has 0 saturated heterocycles. The van der Waals surface area contributed by atoms with Crippen LogP contribution in [0.5, 0.6) is 0 Å². The van der Waals surface area contributed by atoms with Crippen molar-refractivity contribution in [3.63, 3.8) is 0 Å². The third-order valence-electron chi connectivity index (χ3n) is 3.84. The van der Waals surface area contributed by atoms with E-state index in [1.165, 1.54) is 0 Å². The molecule has 4 nitrogen and oxygen atoms in total. The van der Waals surface area contributed by atoms with Gasteiger partial charge >= 0.3 is 0 Å². The van der Waals surface area contributed by atoms with Crippen molar-refractivity contribution in [3.8, 4) is 0 Å². The molecule has 0 bridgehead atoms. The SMILES string of the molecule is CC(S)(c1ccncc1)c1ncccc1C(=O)Nc1cccc(Cl)c1. The summed E-state index contributed by atoms with van der Waals surface area (Å²) in [6.07, 6.45) is 5.04. The minimum atomic E-state index is -0.745. The standard InChI is InChI=1S/C19H16ClN3OS/c1-19(25,13-7-10-21-11-8-13)17-16(6-3-9-22-17)18(24)23-15-5-2-4-14(20)12-15/h2-12,25H,1H3,(H,23,24). The van der Waals surface area contributed by atoms with E-state index in [2.05, 4.69) is 15.3 Å². The van der Waals surface area contributed by atoms with Gasteiger partial charge in [0.2, 0.25) is 0 Å². The number of nitrogens with one attached hydrogen (secondary N) is 1. The number of benzene rings is 1. The van der Waals surface area contributed by atoms with Crippen LogP contribution >= 0.6 is 24.2 Å². The summed E-state index contributed by atoms with van der Waals surface area (Å²) in [5.74, 6) is -0.264. The van der Waals surface area contributed by atoms with Crippen molar-refractivity contribution in [1.82, 2.24) is 9.97 Å². The molecule has 3 aromatic rings. The first-order valence-electron chi connectivity index (χ1n) is 7.64. The molecule has 126 valence electrons. The lowest BCUT2D eigenvalue weighted by Crippen LogP contribution is -2.24. The molecular weight excluding hydrogens is 354 g/mol. The van der Waals surface area contributed by atoms with Crippen LogP contribution in [0.1, 0.15) is 28.5 Å². The number of pyridine rings is 2. The highest BCUT2D eigenvalue weighted by Gasteiger charge is 2.30. The minimum absolute atomic E-state index is 0.264. The van der Waals surface area contributed by atoms with Gasteiger partial charge in [-0.1, -0.05) is 17.7 Å². The summed E-state index contributed by atoms with van der Waals surface area (Å²) in [6, 6.07) is 14.2. The number of carbonyl (C=O) groups is 1. The Labute approximate surface area is 156 Å². The topological polar surface area (TPSA) is 54.9 Å². The molecule has 0 aliphatic carbocycles. The van der Waals surface area contributed by atoms with Crippen molar-refractivity contribution in [3.05, 3.63) is 89.0 Å². The van der Waals surface area contributed by atoms with Gasteiger partial charge in [-0.25, -0.2) is 0 Å². The van der Waals surface area contributed by atoms with Crippen LogP contribution < -0.4 is 5.32 Å². The second-order valence-corrected chi connectivity index (χ2v) is 7.00. The first kappa shape index (κ1) is 17.5. The Hall–Kier alpha value is -2.37. The number of halogens is 1. The summed E-state index contributed by atoms with van der Waals surface area (Å²) in [4.78, 5) is 21.2. The van der Waals surface area contributed by atoms with Crippen molar-refractivity contribution in [2.24, 2.45) is 0 Å². The van der Waals surface area contributed by atoms with Gasteiger partial charge in [-0.2, -0.15) is 12.6 Å². The lowest BCUT2D eigenvalue weighted by Gasteiger charge is -2.25. The summed E-state index contributed by atoms with van der Waals surface area (Å²) < 4.78 is -0.745. The van der Waals surface area contributed by atoms with E-state index in [4.69, 9.17) is 24.2 Å². The molecule has 2 aromatic heterocycles. The zero-order chi connectivity index (χ0) is 17.9. The number of thiol groups is 1. The van der Waals surface area contributed by atoms with Gasteiger partial charge in [0, 0.05) is 29.3 Å². The molecule has 0 spiro atoms. The predicted molar refractivity (Wildman–Crippen MR) is 103 cm³/mol. The van der Waals surface area contributed by atoms with Crippen molar-refractivity contribution >= 4 is 35.8 Å². The molecule has 0 fully saturated rings. The van der Waals surface area contributed by atoms with Crippen molar-refractivity contribution in [1.29, 1.82) is 0 Å².